The number of guanidine groups is 1. The van der Waals surface area contributed by atoms with Gasteiger partial charge < -0.3 is 38.7 Å². The van der Waals surface area contributed by atoms with Gasteiger partial charge in [-0.3, -0.25) is 29.6 Å². The Morgan fingerprint density at radius 2 is 1.48 bits per heavy atom. The van der Waals surface area contributed by atoms with Gasteiger partial charge in [-0.05, 0) is 36.8 Å². The summed E-state index contributed by atoms with van der Waals surface area (Å²) in [6, 6.07) is 13.5. The lowest BCUT2D eigenvalue weighted by molar-refractivity contribution is -0.138. The summed E-state index contributed by atoms with van der Waals surface area (Å²) in [6.07, 6.45) is 0.139. The first-order chi connectivity index (χ1) is 19.0. The molecule has 0 aromatic heterocycles. The Kier molecular flexibility index (Phi) is 12.1. The second-order valence-corrected chi connectivity index (χ2v) is 9.18. The zero-order chi connectivity index (χ0) is 29.7. The van der Waals surface area contributed by atoms with Crippen LogP contribution in [0.4, 0.5) is 0 Å². The van der Waals surface area contributed by atoms with Crippen molar-refractivity contribution in [3.05, 3.63) is 71.3 Å². The molecule has 2 rings (SSSR count). The van der Waals surface area contributed by atoms with Gasteiger partial charge in [0.1, 0.15) is 17.9 Å². The molecule has 0 saturated carbocycles. The van der Waals surface area contributed by atoms with E-state index in [0.717, 1.165) is 5.56 Å². The first kappa shape index (κ1) is 31.3. The Labute approximate surface area is 231 Å². The number of nitrogens with two attached hydrogens (primary N) is 4. The number of amidine groups is 1. The molecule has 0 aliphatic carbocycles. The minimum atomic E-state index is -1.24. The number of carboxylic acids is 1. The number of carbonyl (C=O) groups excluding carboxylic acids is 3. The summed E-state index contributed by atoms with van der Waals surface area (Å²) >= 11 is 0. The van der Waals surface area contributed by atoms with Crippen molar-refractivity contribution < 1.29 is 24.3 Å². The first-order valence-electron chi connectivity index (χ1n) is 12.6. The summed E-state index contributed by atoms with van der Waals surface area (Å²) in [5, 5.41) is 22.0. The van der Waals surface area contributed by atoms with Crippen LogP contribution in [0.1, 0.15) is 48.3 Å². The summed E-state index contributed by atoms with van der Waals surface area (Å²) in [5.74, 6) is -4.11. The predicted octanol–water partition coefficient (Wildman–Crippen LogP) is -0.330. The molecule has 0 radical (unpaired) electrons. The average Bonchev–Trinajstić information content (AvgIpc) is 2.91. The Bertz CT molecular complexity index is 1210. The highest BCUT2D eigenvalue weighted by molar-refractivity contribution is 5.95. The topological polar surface area (TPSA) is 253 Å². The fraction of sp³-hybridized carbons (Fsp3) is 0.333. The van der Waals surface area contributed by atoms with Gasteiger partial charge in [-0.1, -0.05) is 54.6 Å². The van der Waals surface area contributed by atoms with E-state index in [2.05, 4.69) is 15.6 Å². The van der Waals surface area contributed by atoms with Crippen LogP contribution in [0.15, 0.2) is 59.6 Å². The summed E-state index contributed by atoms with van der Waals surface area (Å²) in [7, 11) is 0. The second-order valence-electron chi connectivity index (χ2n) is 9.18. The number of aliphatic imine (C=N–C) groups is 1. The number of carboxylic acid groups (broad SMARTS) is 1. The van der Waals surface area contributed by atoms with Gasteiger partial charge in [-0.25, -0.2) is 0 Å². The van der Waals surface area contributed by atoms with Crippen molar-refractivity contribution >= 4 is 35.5 Å². The quantitative estimate of drug-likeness (QED) is 0.0775. The standard InChI is InChI=1S/C27H36N8O5/c28-23(29)18-10-8-16(9-11-18)15-19(17-5-2-1-3-6-17)25(39)35-21(12-13-22(36)37)26(40)34-20(24(30)38)7-4-14-33-27(31)32/h1-3,5-6,8-11,19-21H,4,7,12-15H2,(H3,28,29)(H2,30,38)(H,34,40)(H,35,39)(H,36,37)(H4,31,32,33)/t19-,20+,21+/m1/s1. The summed E-state index contributed by atoms with van der Waals surface area (Å²) < 4.78 is 0. The molecule has 0 fully saturated rings. The Morgan fingerprint density at radius 3 is 2.02 bits per heavy atom. The minimum absolute atomic E-state index is 0.0818. The molecule has 3 amide bonds. The molecule has 0 saturated heterocycles. The van der Waals surface area contributed by atoms with Gasteiger partial charge in [-0.2, -0.15) is 0 Å². The highest BCUT2D eigenvalue weighted by atomic mass is 16.4. The van der Waals surface area contributed by atoms with Crippen LogP contribution in [0.5, 0.6) is 0 Å². The van der Waals surface area contributed by atoms with Crippen molar-refractivity contribution in [1.82, 2.24) is 10.6 Å². The highest BCUT2D eigenvalue weighted by Gasteiger charge is 2.29. The number of nitrogens with one attached hydrogen (secondary N) is 3. The molecule has 3 atom stereocenters. The number of rotatable bonds is 16. The third-order valence-corrected chi connectivity index (χ3v) is 6.11. The normalized spacial score (nSPS) is 12.8. The van der Waals surface area contributed by atoms with Crippen LogP contribution >= 0.6 is 0 Å². The van der Waals surface area contributed by atoms with Gasteiger partial charge >= 0.3 is 5.97 Å². The minimum Gasteiger partial charge on any atom is -0.481 e. The fourth-order valence-electron chi connectivity index (χ4n) is 3.97. The number of carbonyl (C=O) groups is 4. The Balaban J connectivity index is 2.24. The number of hydrogen-bond donors (Lipinski definition) is 8. The third-order valence-electron chi connectivity index (χ3n) is 6.11. The average molecular weight is 553 g/mol. The highest BCUT2D eigenvalue weighted by Crippen LogP contribution is 2.22. The monoisotopic (exact) mass is 552 g/mol. The molecule has 12 N–H and O–H groups in total. The van der Waals surface area contributed by atoms with Crippen LogP contribution < -0.4 is 33.6 Å². The Morgan fingerprint density at radius 1 is 0.850 bits per heavy atom. The molecule has 0 aliphatic heterocycles. The van der Waals surface area contributed by atoms with Gasteiger partial charge in [-0.15, -0.1) is 0 Å². The van der Waals surface area contributed by atoms with Crippen molar-refractivity contribution in [1.29, 1.82) is 5.41 Å². The van der Waals surface area contributed by atoms with E-state index in [9.17, 15) is 24.3 Å². The van der Waals surface area contributed by atoms with Crippen molar-refractivity contribution in [2.24, 2.45) is 27.9 Å². The maximum absolute atomic E-state index is 13.6. The molecule has 0 aliphatic rings. The molecular formula is C27H36N8O5. The molecule has 40 heavy (non-hydrogen) atoms. The predicted molar refractivity (Wildman–Crippen MR) is 150 cm³/mol. The maximum Gasteiger partial charge on any atom is 0.303 e. The number of nitrogens with zero attached hydrogens (tertiary/aromatic N) is 1. The van der Waals surface area contributed by atoms with Crippen molar-refractivity contribution in [2.75, 3.05) is 6.54 Å². The molecular weight excluding hydrogens is 516 g/mol. The van der Waals surface area contributed by atoms with Crippen LogP contribution in [-0.2, 0) is 25.6 Å². The van der Waals surface area contributed by atoms with E-state index >= 15 is 0 Å². The van der Waals surface area contributed by atoms with Crippen LogP contribution in [0.25, 0.3) is 0 Å². The van der Waals surface area contributed by atoms with E-state index in [-0.39, 0.29) is 37.6 Å². The van der Waals surface area contributed by atoms with Crippen molar-refractivity contribution in [3.63, 3.8) is 0 Å². The zero-order valence-corrected chi connectivity index (χ0v) is 22.0. The number of aliphatic carboxylic acids is 1. The molecule has 2 aromatic rings. The van der Waals surface area contributed by atoms with E-state index in [1.165, 1.54) is 0 Å². The number of amides is 3. The lowest BCUT2D eigenvalue weighted by atomic mass is 9.90. The molecule has 214 valence electrons. The van der Waals surface area contributed by atoms with Gasteiger partial charge in [0.25, 0.3) is 0 Å². The number of primary amides is 1. The van der Waals surface area contributed by atoms with Crippen LogP contribution in [0, 0.1) is 5.41 Å². The lowest BCUT2D eigenvalue weighted by Crippen LogP contribution is -2.53. The number of hydrogen-bond acceptors (Lipinski definition) is 6. The SMILES string of the molecule is N=C(N)c1ccc(C[C@@H](C(=O)N[C@@H](CCC(=O)O)C(=O)N[C@@H](CCCN=C(N)N)C(N)=O)c2ccccc2)cc1. The van der Waals surface area contributed by atoms with E-state index in [1.807, 2.05) is 0 Å². The zero-order valence-electron chi connectivity index (χ0n) is 22.0. The molecule has 2 aromatic carbocycles. The van der Waals surface area contributed by atoms with E-state index in [4.69, 9.17) is 28.3 Å². The summed E-state index contributed by atoms with van der Waals surface area (Å²) in [6.45, 7) is 0.216. The number of nitrogen functional groups attached to an aromatic ring is 1. The Hall–Kier alpha value is -4.94. The third kappa shape index (κ3) is 10.4. The van der Waals surface area contributed by atoms with E-state index < -0.39 is 48.1 Å². The lowest BCUT2D eigenvalue weighted by Gasteiger charge is -2.24. The maximum atomic E-state index is 13.6. The van der Waals surface area contributed by atoms with Crippen LogP contribution in [-0.4, -0.2) is 59.2 Å². The molecule has 13 nitrogen and oxygen atoms in total. The molecule has 0 unspecified atom stereocenters. The number of benzene rings is 2. The van der Waals surface area contributed by atoms with Gasteiger partial charge in [0.2, 0.25) is 17.7 Å². The molecule has 0 bridgehead atoms. The summed E-state index contributed by atoms with van der Waals surface area (Å²) in [4.78, 5) is 53.7. The van der Waals surface area contributed by atoms with Gasteiger partial charge in [0.15, 0.2) is 5.96 Å². The molecule has 0 spiro atoms. The second kappa shape index (κ2) is 15.5. The van der Waals surface area contributed by atoms with Gasteiger partial charge in [0.05, 0.1) is 5.92 Å². The van der Waals surface area contributed by atoms with Crippen LogP contribution in [0.3, 0.4) is 0 Å². The van der Waals surface area contributed by atoms with Crippen molar-refractivity contribution in [3.8, 4) is 0 Å². The smallest absolute Gasteiger partial charge is 0.303 e. The summed E-state index contributed by atoms with van der Waals surface area (Å²) in [5.41, 5.74) is 23.6. The molecule has 0 heterocycles. The largest absolute Gasteiger partial charge is 0.481 e. The van der Waals surface area contributed by atoms with Crippen LogP contribution in [0.2, 0.25) is 0 Å². The van der Waals surface area contributed by atoms with E-state index in [1.54, 1.807) is 54.6 Å². The fourth-order valence-corrected chi connectivity index (χ4v) is 3.97. The van der Waals surface area contributed by atoms with Gasteiger partial charge in [0, 0.05) is 18.5 Å². The van der Waals surface area contributed by atoms with E-state index in [0.29, 0.717) is 17.5 Å². The molecule has 13 heteroatoms. The first-order valence-corrected chi connectivity index (χ1v) is 12.6. The van der Waals surface area contributed by atoms with Crippen molar-refractivity contribution in [2.45, 2.75) is 50.1 Å².